The summed E-state index contributed by atoms with van der Waals surface area (Å²) in [5.74, 6) is -1.59. The molecule has 4 nitrogen and oxygen atoms in total. The Morgan fingerprint density at radius 3 is 2.23 bits per heavy atom. The van der Waals surface area contributed by atoms with E-state index in [1.54, 1.807) is 6.92 Å². The molecule has 0 bridgehead atoms. The number of hydrogen-bond donors (Lipinski definition) is 3. The summed E-state index contributed by atoms with van der Waals surface area (Å²) in [6.45, 7) is 15.4. The molecule has 0 aromatic rings. The van der Waals surface area contributed by atoms with E-state index in [2.05, 4.69) is 6.58 Å². The molecule has 0 radical (unpaired) electrons. The van der Waals surface area contributed by atoms with Crippen molar-refractivity contribution in [3.63, 3.8) is 0 Å². The largest absolute Gasteiger partial charge is 0.508 e. The van der Waals surface area contributed by atoms with E-state index < -0.39 is 23.4 Å². The van der Waals surface area contributed by atoms with Crippen LogP contribution in [0.25, 0.3) is 0 Å². The van der Waals surface area contributed by atoms with Crippen molar-refractivity contribution in [1.82, 2.24) is 0 Å². The Bertz CT molecular complexity index is 645. The van der Waals surface area contributed by atoms with Crippen LogP contribution in [0.1, 0.15) is 60.8 Å². The number of ketones is 1. The SMILES string of the molecule is C=C1C(C(=O)C(C)CC)=C(O)[C@](O)(C(O)CC=C(C)C)C1CC=C(C)C. The Morgan fingerprint density at radius 2 is 1.77 bits per heavy atom. The third-order valence-corrected chi connectivity index (χ3v) is 5.21. The van der Waals surface area contributed by atoms with Crippen molar-refractivity contribution in [3.05, 3.63) is 46.8 Å². The van der Waals surface area contributed by atoms with E-state index in [-0.39, 0.29) is 23.7 Å². The summed E-state index contributed by atoms with van der Waals surface area (Å²) in [5.41, 5.74) is 0.645. The molecule has 0 saturated heterocycles. The van der Waals surface area contributed by atoms with E-state index in [4.69, 9.17) is 0 Å². The first kappa shape index (κ1) is 22.4. The van der Waals surface area contributed by atoms with Crippen LogP contribution < -0.4 is 0 Å². The van der Waals surface area contributed by atoms with Gasteiger partial charge in [-0.25, -0.2) is 0 Å². The van der Waals surface area contributed by atoms with Crippen LogP contribution in [0.3, 0.4) is 0 Å². The maximum Gasteiger partial charge on any atom is 0.169 e. The van der Waals surface area contributed by atoms with Gasteiger partial charge in [-0.1, -0.05) is 43.7 Å². The fraction of sp³-hybridized carbons (Fsp3) is 0.591. The van der Waals surface area contributed by atoms with E-state index in [1.165, 1.54) is 0 Å². The Hall–Kier alpha value is -1.65. The molecule has 0 saturated carbocycles. The van der Waals surface area contributed by atoms with Crippen LogP contribution in [0.5, 0.6) is 0 Å². The number of aliphatic hydroxyl groups excluding tert-OH is 2. The number of aliphatic hydroxyl groups is 3. The zero-order valence-electron chi connectivity index (χ0n) is 17.0. The number of carbonyl (C=O) groups excluding carboxylic acids is 1. The van der Waals surface area contributed by atoms with E-state index >= 15 is 0 Å². The lowest BCUT2D eigenvalue weighted by Gasteiger charge is -2.34. The average molecular weight is 363 g/mol. The summed E-state index contributed by atoms with van der Waals surface area (Å²) < 4.78 is 0. The standard InChI is InChI=1S/C22H34O4/c1-8-15(6)20(24)19-16(7)17(11-9-13(2)3)22(26,21(19)25)18(23)12-10-14(4)5/h9-10,15,17-18,23,25-26H,7-8,11-12H2,1-6H3/t15?,17?,18?,22-/m1/s1. The van der Waals surface area contributed by atoms with Crippen LogP contribution in [0.2, 0.25) is 0 Å². The maximum atomic E-state index is 12.8. The Morgan fingerprint density at radius 1 is 1.23 bits per heavy atom. The summed E-state index contributed by atoms with van der Waals surface area (Å²) >= 11 is 0. The molecule has 26 heavy (non-hydrogen) atoms. The molecule has 0 spiro atoms. The molecule has 4 heteroatoms. The van der Waals surface area contributed by atoms with Gasteiger partial charge < -0.3 is 15.3 Å². The van der Waals surface area contributed by atoms with Crippen LogP contribution in [0.15, 0.2) is 46.8 Å². The molecule has 146 valence electrons. The molecular formula is C22H34O4. The molecule has 3 N–H and O–H groups in total. The van der Waals surface area contributed by atoms with Crippen molar-refractivity contribution in [1.29, 1.82) is 0 Å². The van der Waals surface area contributed by atoms with E-state index in [9.17, 15) is 20.1 Å². The van der Waals surface area contributed by atoms with E-state index in [0.29, 0.717) is 18.4 Å². The van der Waals surface area contributed by atoms with Gasteiger partial charge in [0.1, 0.15) is 5.76 Å². The van der Waals surface area contributed by atoms with Crippen LogP contribution >= 0.6 is 0 Å². The van der Waals surface area contributed by atoms with E-state index in [0.717, 1.165) is 11.1 Å². The first-order valence-electron chi connectivity index (χ1n) is 9.32. The van der Waals surface area contributed by atoms with Gasteiger partial charge in [-0.2, -0.15) is 0 Å². The van der Waals surface area contributed by atoms with Gasteiger partial charge in [-0.05, 0) is 52.5 Å². The minimum absolute atomic E-state index is 0.0882. The molecule has 0 aromatic heterocycles. The van der Waals surface area contributed by atoms with Crippen molar-refractivity contribution in [3.8, 4) is 0 Å². The quantitative estimate of drug-likeness (QED) is 0.559. The van der Waals surface area contributed by atoms with Gasteiger partial charge in [0.25, 0.3) is 0 Å². The van der Waals surface area contributed by atoms with Gasteiger partial charge in [0, 0.05) is 11.8 Å². The number of hydrogen-bond acceptors (Lipinski definition) is 4. The summed E-state index contributed by atoms with van der Waals surface area (Å²) in [5, 5.41) is 32.9. The Balaban J connectivity index is 3.43. The molecule has 1 aliphatic carbocycles. The molecule has 0 heterocycles. The number of Topliss-reactive ketones (excluding diaryl/α,β-unsaturated/α-hetero) is 1. The van der Waals surface area contributed by atoms with Gasteiger partial charge in [-0.15, -0.1) is 0 Å². The molecule has 0 amide bonds. The van der Waals surface area contributed by atoms with Gasteiger partial charge in [0.15, 0.2) is 11.4 Å². The molecule has 3 unspecified atom stereocenters. The van der Waals surface area contributed by atoms with Crippen molar-refractivity contribution < 1.29 is 20.1 Å². The van der Waals surface area contributed by atoms with Crippen LogP contribution in [0.4, 0.5) is 0 Å². The van der Waals surface area contributed by atoms with Gasteiger partial charge in [-0.3, -0.25) is 4.79 Å². The predicted molar refractivity (Wildman–Crippen MR) is 106 cm³/mol. The second kappa shape index (κ2) is 8.83. The highest BCUT2D eigenvalue weighted by molar-refractivity contribution is 6.02. The third-order valence-electron chi connectivity index (χ3n) is 5.21. The predicted octanol–water partition coefficient (Wildman–Crippen LogP) is 4.40. The Kier molecular flexibility index (Phi) is 7.60. The van der Waals surface area contributed by atoms with Crippen molar-refractivity contribution in [2.45, 2.75) is 72.5 Å². The van der Waals surface area contributed by atoms with E-state index in [1.807, 2.05) is 46.8 Å². The Labute approximate surface area is 157 Å². The minimum Gasteiger partial charge on any atom is -0.508 e. The maximum absolute atomic E-state index is 12.8. The molecule has 0 aliphatic heterocycles. The highest BCUT2D eigenvalue weighted by Gasteiger charge is 2.55. The van der Waals surface area contributed by atoms with Crippen molar-refractivity contribution >= 4 is 5.78 Å². The van der Waals surface area contributed by atoms with Gasteiger partial charge in [0.05, 0.1) is 11.7 Å². The first-order valence-corrected chi connectivity index (χ1v) is 9.32. The second-order valence-electron chi connectivity index (χ2n) is 7.85. The summed E-state index contributed by atoms with van der Waals surface area (Å²) in [6, 6.07) is 0. The van der Waals surface area contributed by atoms with Crippen molar-refractivity contribution in [2.75, 3.05) is 0 Å². The normalized spacial score (nSPS) is 25.1. The highest BCUT2D eigenvalue weighted by atomic mass is 16.4. The zero-order chi connectivity index (χ0) is 20.2. The number of allylic oxidation sites excluding steroid dienone is 4. The molecular weight excluding hydrogens is 328 g/mol. The molecule has 0 fully saturated rings. The lowest BCUT2D eigenvalue weighted by molar-refractivity contribution is -0.119. The number of rotatable bonds is 8. The molecule has 4 atom stereocenters. The fourth-order valence-electron chi connectivity index (χ4n) is 3.26. The van der Waals surface area contributed by atoms with Crippen LogP contribution in [-0.4, -0.2) is 32.8 Å². The summed E-state index contributed by atoms with van der Waals surface area (Å²) in [7, 11) is 0. The summed E-state index contributed by atoms with van der Waals surface area (Å²) in [6.07, 6.45) is 3.72. The lowest BCUT2D eigenvalue weighted by atomic mass is 9.79. The van der Waals surface area contributed by atoms with Gasteiger partial charge >= 0.3 is 0 Å². The summed E-state index contributed by atoms with van der Waals surface area (Å²) in [4.78, 5) is 12.8. The first-order chi connectivity index (χ1) is 12.0. The van der Waals surface area contributed by atoms with Crippen LogP contribution in [-0.2, 0) is 4.79 Å². The lowest BCUT2D eigenvalue weighted by Crippen LogP contribution is -2.48. The highest BCUT2D eigenvalue weighted by Crippen LogP contribution is 2.48. The third kappa shape index (κ3) is 4.36. The van der Waals surface area contributed by atoms with Crippen molar-refractivity contribution in [2.24, 2.45) is 11.8 Å². The average Bonchev–Trinajstić information content (AvgIpc) is 2.76. The smallest absolute Gasteiger partial charge is 0.169 e. The zero-order valence-corrected chi connectivity index (χ0v) is 17.0. The number of carbonyl (C=O) groups is 1. The molecule has 1 rings (SSSR count). The second-order valence-corrected chi connectivity index (χ2v) is 7.85. The molecule has 1 aliphatic rings. The topological polar surface area (TPSA) is 77.8 Å². The monoisotopic (exact) mass is 362 g/mol. The fourth-order valence-corrected chi connectivity index (χ4v) is 3.26. The minimum atomic E-state index is -1.91. The molecule has 0 aromatic carbocycles. The van der Waals surface area contributed by atoms with Crippen LogP contribution in [0, 0.1) is 11.8 Å². The van der Waals surface area contributed by atoms with Gasteiger partial charge in [0.2, 0.25) is 0 Å².